The molecule has 1 unspecified atom stereocenters. The minimum atomic E-state index is -5.60. The number of ether oxygens (including phenoxy) is 3. The Morgan fingerprint density at radius 2 is 1.46 bits per heavy atom. The van der Waals surface area contributed by atoms with Gasteiger partial charge in [-0.05, 0) is 90.9 Å². The fraction of sp³-hybridized carbons (Fsp3) is 0.667. The number of esters is 2. The van der Waals surface area contributed by atoms with Crippen LogP contribution in [0.4, 0.5) is 8.78 Å². The third-order valence-electron chi connectivity index (χ3n) is 11.7. The molecule has 0 bridgehead atoms. The lowest BCUT2D eigenvalue weighted by Crippen LogP contribution is -2.64. The Kier molecular flexibility index (Phi) is 14.7. The molecule has 4 aliphatic rings. The first-order valence-corrected chi connectivity index (χ1v) is 23.6. The van der Waals surface area contributed by atoms with Crippen molar-refractivity contribution in [2.75, 3.05) is 72.6 Å². The molecule has 4 aliphatic heterocycles. The van der Waals surface area contributed by atoms with Gasteiger partial charge in [-0.3, -0.25) is 42.4 Å². The Bertz CT molecular complexity index is 2080. The van der Waals surface area contributed by atoms with Crippen LogP contribution in [-0.2, 0) is 57.5 Å². The summed E-state index contributed by atoms with van der Waals surface area (Å²) in [5, 5.41) is 3.04. The van der Waals surface area contributed by atoms with E-state index in [0.29, 0.717) is 63.4 Å². The molecule has 1 aromatic carbocycles. The van der Waals surface area contributed by atoms with Crippen molar-refractivity contribution in [3.05, 3.63) is 34.7 Å². The van der Waals surface area contributed by atoms with Crippen LogP contribution in [0, 0.1) is 16.7 Å². The highest BCUT2D eigenvalue weighted by Gasteiger charge is 2.56. The molecule has 4 amide bonds. The quantitative estimate of drug-likeness (QED) is 0.164. The number of carbonyl (C=O) groups is 6. The van der Waals surface area contributed by atoms with Gasteiger partial charge in [-0.25, -0.2) is 0 Å². The highest BCUT2D eigenvalue weighted by atomic mass is 32.1. The average molecular weight is 926 g/mol. The number of benzene rings is 1. The molecule has 63 heavy (non-hydrogen) atoms. The van der Waals surface area contributed by atoms with E-state index in [9.17, 15) is 33.3 Å². The zero-order valence-corrected chi connectivity index (χ0v) is 38.5. The standard InChI is InChI=1S/C42H58F2N5O12PS/c1-8-46-14-13-29-10-11-31(37(53)48-21-27(22-48)35(51)47-15-17-57-18-16-47)49(29)36(52)30(23-46)45-34(50)33-20-26-19-28(9-12-32(26)63-33)42(43,44)62(56,60-24-58-38(54)40(2,3)4)61-25-59-39(55)41(5,6)7/h9,12,19-20,27,29-31H,8,10-11,13-18,21-25H2,1-7H3,(H,45,50)/t29-,30?,31+/m1/s1. The molecular weight excluding hydrogens is 868 g/mol. The maximum absolute atomic E-state index is 16.3. The number of nitrogens with zero attached hydrogens (tertiary/aromatic N) is 4. The minimum Gasteiger partial charge on any atom is -0.438 e. The fourth-order valence-corrected chi connectivity index (χ4v) is 9.99. The second kappa shape index (κ2) is 19.2. The van der Waals surface area contributed by atoms with E-state index in [1.165, 1.54) is 53.7 Å². The summed E-state index contributed by atoms with van der Waals surface area (Å²) < 4.78 is 72.2. The van der Waals surface area contributed by atoms with E-state index >= 15 is 8.78 Å². The van der Waals surface area contributed by atoms with Gasteiger partial charge in [0.2, 0.25) is 31.3 Å². The fourth-order valence-electron chi connectivity index (χ4n) is 7.80. The summed E-state index contributed by atoms with van der Waals surface area (Å²) in [6, 6.07) is 2.68. The van der Waals surface area contributed by atoms with Gasteiger partial charge in [0, 0.05) is 55.6 Å². The molecule has 0 radical (unpaired) electrons. The molecule has 0 saturated carbocycles. The van der Waals surface area contributed by atoms with E-state index in [-0.39, 0.29) is 53.7 Å². The van der Waals surface area contributed by atoms with Crippen LogP contribution in [0.3, 0.4) is 0 Å². The number of hydrogen-bond acceptors (Lipinski definition) is 14. The zero-order valence-electron chi connectivity index (χ0n) is 36.8. The molecule has 2 aromatic rings. The van der Waals surface area contributed by atoms with Gasteiger partial charge in [0.05, 0.1) is 34.8 Å². The number of alkyl halides is 2. The molecule has 5 heterocycles. The largest absolute Gasteiger partial charge is 0.438 e. The van der Waals surface area contributed by atoms with E-state index in [2.05, 4.69) is 10.2 Å². The number of fused-ring (bicyclic) bond motifs is 2. The lowest BCUT2D eigenvalue weighted by atomic mass is 9.96. The van der Waals surface area contributed by atoms with E-state index in [0.717, 1.165) is 23.5 Å². The summed E-state index contributed by atoms with van der Waals surface area (Å²) in [7, 11) is -5.60. The molecule has 4 saturated heterocycles. The van der Waals surface area contributed by atoms with E-state index < -0.39 is 79.1 Å². The Morgan fingerprint density at radius 1 is 0.841 bits per heavy atom. The van der Waals surface area contributed by atoms with E-state index in [1.807, 2.05) is 6.92 Å². The van der Waals surface area contributed by atoms with Crippen molar-refractivity contribution in [1.29, 1.82) is 0 Å². The Labute approximate surface area is 369 Å². The molecule has 1 N–H and O–H groups in total. The first-order chi connectivity index (χ1) is 29.5. The molecule has 1 aromatic heterocycles. The molecule has 348 valence electrons. The monoisotopic (exact) mass is 925 g/mol. The number of likely N-dealkylation sites (tertiary alicyclic amines) is 1. The first kappa shape index (κ1) is 48.4. The average Bonchev–Trinajstić information content (AvgIpc) is 3.84. The van der Waals surface area contributed by atoms with Gasteiger partial charge in [0.15, 0.2) is 0 Å². The van der Waals surface area contributed by atoms with Crippen molar-refractivity contribution in [2.45, 2.75) is 91.5 Å². The van der Waals surface area contributed by atoms with Gasteiger partial charge in [-0.1, -0.05) is 13.0 Å². The third kappa shape index (κ3) is 10.7. The lowest BCUT2D eigenvalue weighted by Gasteiger charge is -2.44. The number of hydrogen-bond donors (Lipinski definition) is 1. The molecule has 4 fully saturated rings. The van der Waals surface area contributed by atoms with Crippen LogP contribution in [0.2, 0.25) is 0 Å². The molecule has 0 spiro atoms. The summed E-state index contributed by atoms with van der Waals surface area (Å²) in [5.74, 6) is -3.20. The Hall–Kier alpha value is -4.07. The second-order valence-electron chi connectivity index (χ2n) is 18.3. The predicted octanol–water partition coefficient (Wildman–Crippen LogP) is 4.77. The van der Waals surface area contributed by atoms with Gasteiger partial charge in [-0.2, -0.15) is 8.78 Å². The number of rotatable bonds is 13. The normalized spacial score (nSPS) is 22.0. The maximum Gasteiger partial charge on any atom is 0.410 e. The number of likely N-dealkylation sites (N-methyl/N-ethyl adjacent to an activating group) is 1. The number of halogens is 2. The van der Waals surface area contributed by atoms with Crippen LogP contribution in [0.25, 0.3) is 10.1 Å². The Morgan fingerprint density at radius 3 is 2.05 bits per heavy atom. The van der Waals surface area contributed by atoms with Crippen LogP contribution in [-0.4, -0.2) is 146 Å². The van der Waals surface area contributed by atoms with Crippen LogP contribution in [0.1, 0.15) is 83.0 Å². The lowest BCUT2D eigenvalue weighted by molar-refractivity contribution is -0.163. The minimum absolute atomic E-state index is 0.00237. The van der Waals surface area contributed by atoms with Crippen molar-refractivity contribution in [3.63, 3.8) is 0 Å². The maximum atomic E-state index is 16.3. The van der Waals surface area contributed by atoms with Crippen molar-refractivity contribution in [3.8, 4) is 0 Å². The summed E-state index contributed by atoms with van der Waals surface area (Å²) in [6.45, 7) is 12.7. The first-order valence-electron chi connectivity index (χ1n) is 21.2. The highest BCUT2D eigenvalue weighted by Crippen LogP contribution is 2.67. The van der Waals surface area contributed by atoms with Crippen molar-refractivity contribution in [1.82, 2.24) is 24.9 Å². The number of thiophene rings is 1. The SMILES string of the molecule is CCN1CC[C@H]2CC[C@@H](C(=O)N3CC(C(=O)N4CCOCC4)C3)N2C(=O)C(NC(=O)c2cc3cc(C(F)(F)P(=O)(OCOC(=O)C(C)(C)C)OCOC(=O)C(C)(C)C)ccc3s2)C1. The molecule has 17 nitrogen and oxygen atoms in total. The number of nitrogens with one attached hydrogen (secondary N) is 1. The molecular formula is C42H58F2N5O12PS. The van der Waals surface area contributed by atoms with Crippen molar-refractivity contribution in [2.24, 2.45) is 16.7 Å². The van der Waals surface area contributed by atoms with Crippen LogP contribution < -0.4 is 5.32 Å². The van der Waals surface area contributed by atoms with E-state index in [4.69, 9.17) is 23.3 Å². The summed E-state index contributed by atoms with van der Waals surface area (Å²) >= 11 is 0.988. The summed E-state index contributed by atoms with van der Waals surface area (Å²) in [5.41, 5.74) is -7.27. The highest BCUT2D eigenvalue weighted by molar-refractivity contribution is 7.54. The third-order valence-corrected chi connectivity index (χ3v) is 14.6. The van der Waals surface area contributed by atoms with Gasteiger partial charge < -0.3 is 39.1 Å². The second-order valence-corrected chi connectivity index (χ2v) is 21.5. The number of amides is 4. The number of carbonyl (C=O) groups excluding carboxylic acids is 6. The molecule has 3 atom stereocenters. The van der Waals surface area contributed by atoms with Crippen LogP contribution in [0.15, 0.2) is 24.3 Å². The van der Waals surface area contributed by atoms with Crippen molar-refractivity contribution < 1.29 is 65.4 Å². The van der Waals surface area contributed by atoms with Crippen LogP contribution in [0.5, 0.6) is 0 Å². The molecule has 21 heteroatoms. The smallest absolute Gasteiger partial charge is 0.410 e. The predicted molar refractivity (Wildman–Crippen MR) is 225 cm³/mol. The molecule has 0 aliphatic carbocycles. The topological polar surface area (TPSA) is 191 Å². The Balaban J connectivity index is 1.17. The zero-order chi connectivity index (χ0) is 46.1. The summed E-state index contributed by atoms with van der Waals surface area (Å²) in [6.07, 6.45) is 1.72. The summed E-state index contributed by atoms with van der Waals surface area (Å²) in [4.78, 5) is 87.1. The van der Waals surface area contributed by atoms with Gasteiger partial charge >= 0.3 is 25.2 Å². The van der Waals surface area contributed by atoms with Gasteiger partial charge in [-0.15, -0.1) is 11.3 Å². The number of morpholine rings is 1. The molecule has 6 rings (SSSR count). The van der Waals surface area contributed by atoms with Crippen LogP contribution >= 0.6 is 18.9 Å². The van der Waals surface area contributed by atoms with Gasteiger partial charge in [0.1, 0.15) is 12.1 Å². The van der Waals surface area contributed by atoms with E-state index in [1.54, 1.807) is 14.7 Å². The van der Waals surface area contributed by atoms with Crippen molar-refractivity contribution >= 4 is 64.6 Å². The van der Waals surface area contributed by atoms with Gasteiger partial charge in [0.25, 0.3) is 5.91 Å².